The molecule has 0 radical (unpaired) electrons. The molecule has 1 aliphatic heterocycles. The molecule has 3 aromatic carbocycles. The smallest absolute Gasteiger partial charge is 0.223 e. The minimum atomic E-state index is 0.109. The topological polar surface area (TPSA) is 38.1 Å². The molecule has 0 spiro atoms. The lowest BCUT2D eigenvalue weighted by Crippen LogP contribution is -2.24. The minimum absolute atomic E-state index is 0.109. The number of nitrogens with zero attached hydrogens (tertiary/aromatic N) is 3. The Labute approximate surface area is 176 Å². The summed E-state index contributed by atoms with van der Waals surface area (Å²) < 4.78 is 2.31. The summed E-state index contributed by atoms with van der Waals surface area (Å²) in [6.07, 6.45) is 0.518. The first-order valence-electron chi connectivity index (χ1n) is 10.5. The average Bonchev–Trinajstić information content (AvgIpc) is 3.31. The van der Waals surface area contributed by atoms with Gasteiger partial charge in [-0.1, -0.05) is 66.7 Å². The summed E-state index contributed by atoms with van der Waals surface area (Å²) in [4.78, 5) is 19.7. The number of rotatable bonds is 5. The summed E-state index contributed by atoms with van der Waals surface area (Å²) in [5.74, 6) is 1.33. The molecular formula is C26H25N3O. The normalized spacial score (nSPS) is 16.5. The number of likely N-dealkylation sites (tertiary alicyclic amines) is 1. The Morgan fingerprint density at radius 2 is 1.63 bits per heavy atom. The zero-order valence-electron chi connectivity index (χ0n) is 17.2. The minimum Gasteiger partial charge on any atom is -0.338 e. The van der Waals surface area contributed by atoms with E-state index >= 15 is 0 Å². The van der Waals surface area contributed by atoms with Crippen LogP contribution in [0.5, 0.6) is 0 Å². The van der Waals surface area contributed by atoms with E-state index in [1.165, 1.54) is 16.7 Å². The first-order chi connectivity index (χ1) is 14.7. The molecule has 4 nitrogen and oxygen atoms in total. The molecular weight excluding hydrogens is 370 g/mol. The molecule has 0 aliphatic carbocycles. The van der Waals surface area contributed by atoms with Gasteiger partial charge < -0.3 is 9.47 Å². The van der Waals surface area contributed by atoms with Gasteiger partial charge in [0.05, 0.1) is 11.0 Å². The zero-order valence-corrected chi connectivity index (χ0v) is 17.2. The largest absolute Gasteiger partial charge is 0.338 e. The summed E-state index contributed by atoms with van der Waals surface area (Å²) in [7, 11) is 0. The molecule has 150 valence electrons. The van der Waals surface area contributed by atoms with Crippen molar-refractivity contribution in [1.82, 2.24) is 14.5 Å². The van der Waals surface area contributed by atoms with Gasteiger partial charge >= 0.3 is 0 Å². The van der Waals surface area contributed by atoms with Gasteiger partial charge in [0.1, 0.15) is 5.82 Å². The number of imidazole rings is 1. The molecule has 1 saturated heterocycles. The van der Waals surface area contributed by atoms with Crippen molar-refractivity contribution >= 4 is 16.9 Å². The van der Waals surface area contributed by atoms with E-state index in [1.807, 2.05) is 29.2 Å². The standard InChI is InChI=1S/C26H25N3O/c1-19-9-5-6-12-21(19)18-29-24-14-8-7-13-23(24)27-26(29)22-15-25(30)28(17-22)16-20-10-3-2-4-11-20/h2-14,22H,15-18H2,1H3/t22-/m0/s1. The van der Waals surface area contributed by atoms with Crippen molar-refractivity contribution in [3.63, 3.8) is 0 Å². The average molecular weight is 396 g/mol. The van der Waals surface area contributed by atoms with Crippen molar-refractivity contribution in [2.75, 3.05) is 6.54 Å². The molecule has 5 rings (SSSR count). The van der Waals surface area contributed by atoms with Crippen LogP contribution in [0, 0.1) is 6.92 Å². The monoisotopic (exact) mass is 395 g/mol. The predicted octanol–water partition coefficient (Wildman–Crippen LogP) is 4.91. The lowest BCUT2D eigenvalue weighted by molar-refractivity contribution is -0.128. The second-order valence-corrected chi connectivity index (χ2v) is 8.13. The lowest BCUT2D eigenvalue weighted by atomic mass is 10.1. The molecule has 0 bridgehead atoms. The molecule has 0 saturated carbocycles. The second kappa shape index (κ2) is 7.79. The maximum absolute atomic E-state index is 12.8. The van der Waals surface area contributed by atoms with Crippen LogP contribution < -0.4 is 0 Å². The molecule has 4 aromatic rings. The first-order valence-corrected chi connectivity index (χ1v) is 10.5. The third-order valence-electron chi connectivity index (χ3n) is 6.07. The van der Waals surface area contributed by atoms with Gasteiger partial charge in [-0.05, 0) is 35.7 Å². The van der Waals surface area contributed by atoms with Crippen LogP contribution in [0.15, 0.2) is 78.9 Å². The summed E-state index contributed by atoms with van der Waals surface area (Å²) in [5.41, 5.74) is 5.85. The molecule has 1 aromatic heterocycles. The van der Waals surface area contributed by atoms with Crippen molar-refractivity contribution in [1.29, 1.82) is 0 Å². The van der Waals surface area contributed by atoms with Crippen LogP contribution in [0.3, 0.4) is 0 Å². The molecule has 1 fully saturated rings. The fourth-order valence-corrected chi connectivity index (χ4v) is 4.43. The maximum atomic E-state index is 12.8. The molecule has 4 heteroatoms. The molecule has 2 heterocycles. The summed E-state index contributed by atoms with van der Waals surface area (Å²) in [6.45, 7) is 4.29. The summed E-state index contributed by atoms with van der Waals surface area (Å²) in [5, 5.41) is 0. The van der Waals surface area contributed by atoms with E-state index in [0.29, 0.717) is 19.5 Å². The molecule has 1 atom stereocenters. The Kier molecular flexibility index (Phi) is 4.83. The Morgan fingerprint density at radius 1 is 0.900 bits per heavy atom. The highest BCUT2D eigenvalue weighted by molar-refractivity contribution is 5.81. The van der Waals surface area contributed by atoms with E-state index in [0.717, 1.165) is 23.4 Å². The molecule has 0 unspecified atom stereocenters. The summed E-state index contributed by atoms with van der Waals surface area (Å²) in [6, 6.07) is 27.0. The number of carbonyl (C=O) groups is 1. The van der Waals surface area contributed by atoms with Crippen molar-refractivity contribution in [3.05, 3.63) is 101 Å². The number of hydrogen-bond donors (Lipinski definition) is 0. The molecule has 30 heavy (non-hydrogen) atoms. The van der Waals surface area contributed by atoms with Gasteiger partial charge in [0.2, 0.25) is 5.91 Å². The highest BCUT2D eigenvalue weighted by atomic mass is 16.2. The number of aryl methyl sites for hydroxylation is 1. The summed E-state index contributed by atoms with van der Waals surface area (Å²) >= 11 is 0. The fourth-order valence-electron chi connectivity index (χ4n) is 4.43. The Morgan fingerprint density at radius 3 is 2.47 bits per heavy atom. The Bertz CT molecular complexity index is 1200. The van der Waals surface area contributed by atoms with E-state index in [9.17, 15) is 4.79 Å². The van der Waals surface area contributed by atoms with Crippen molar-refractivity contribution in [2.45, 2.75) is 32.4 Å². The SMILES string of the molecule is Cc1ccccc1Cn1c([C@H]2CC(=O)N(Cc3ccccc3)C2)nc2ccccc21. The van der Waals surface area contributed by atoms with Crippen LogP contribution in [0.2, 0.25) is 0 Å². The van der Waals surface area contributed by atoms with Crippen LogP contribution in [0.4, 0.5) is 0 Å². The van der Waals surface area contributed by atoms with Crippen molar-refractivity contribution in [3.8, 4) is 0 Å². The maximum Gasteiger partial charge on any atom is 0.223 e. The number of amides is 1. The highest BCUT2D eigenvalue weighted by Gasteiger charge is 2.34. The third kappa shape index (κ3) is 3.50. The highest BCUT2D eigenvalue weighted by Crippen LogP contribution is 2.32. The van der Waals surface area contributed by atoms with Gasteiger partial charge in [0.15, 0.2) is 0 Å². The third-order valence-corrected chi connectivity index (χ3v) is 6.07. The number of benzene rings is 3. The van der Waals surface area contributed by atoms with Crippen LogP contribution in [0.25, 0.3) is 11.0 Å². The number of hydrogen-bond acceptors (Lipinski definition) is 2. The Hall–Kier alpha value is -3.40. The molecule has 0 N–H and O–H groups in total. The first kappa shape index (κ1) is 18.6. The van der Waals surface area contributed by atoms with Crippen LogP contribution in [-0.4, -0.2) is 26.9 Å². The van der Waals surface area contributed by atoms with Crippen LogP contribution in [0.1, 0.15) is 34.9 Å². The van der Waals surface area contributed by atoms with Crippen LogP contribution in [-0.2, 0) is 17.9 Å². The van der Waals surface area contributed by atoms with Crippen molar-refractivity contribution in [2.24, 2.45) is 0 Å². The zero-order chi connectivity index (χ0) is 20.5. The second-order valence-electron chi connectivity index (χ2n) is 8.13. The van der Waals surface area contributed by atoms with Gasteiger partial charge in [0.25, 0.3) is 0 Å². The van der Waals surface area contributed by atoms with Crippen LogP contribution >= 0.6 is 0 Å². The van der Waals surface area contributed by atoms with Gasteiger partial charge in [-0.25, -0.2) is 4.98 Å². The van der Waals surface area contributed by atoms with Gasteiger partial charge in [-0.15, -0.1) is 0 Å². The van der Waals surface area contributed by atoms with E-state index in [4.69, 9.17) is 4.98 Å². The number of carbonyl (C=O) groups excluding carboxylic acids is 1. The number of para-hydroxylation sites is 2. The van der Waals surface area contributed by atoms with E-state index in [1.54, 1.807) is 0 Å². The molecule has 1 aliphatic rings. The van der Waals surface area contributed by atoms with Gasteiger partial charge in [0, 0.05) is 32.0 Å². The van der Waals surface area contributed by atoms with E-state index < -0.39 is 0 Å². The number of fused-ring (bicyclic) bond motifs is 1. The van der Waals surface area contributed by atoms with Gasteiger partial charge in [-0.2, -0.15) is 0 Å². The molecule has 1 amide bonds. The lowest BCUT2D eigenvalue weighted by Gasteiger charge is -2.18. The van der Waals surface area contributed by atoms with E-state index in [2.05, 4.69) is 66.1 Å². The Balaban J connectivity index is 1.48. The van der Waals surface area contributed by atoms with Gasteiger partial charge in [-0.3, -0.25) is 4.79 Å². The van der Waals surface area contributed by atoms with Crippen molar-refractivity contribution < 1.29 is 4.79 Å². The quantitative estimate of drug-likeness (QED) is 0.482. The fraction of sp³-hybridized carbons (Fsp3) is 0.231. The van der Waals surface area contributed by atoms with E-state index in [-0.39, 0.29) is 11.8 Å². The number of aromatic nitrogens is 2. The predicted molar refractivity (Wildman–Crippen MR) is 119 cm³/mol.